The molecule has 0 spiro atoms. The lowest BCUT2D eigenvalue weighted by Gasteiger charge is -2.16. The molecule has 1 aliphatic heterocycles. The first-order valence-corrected chi connectivity index (χ1v) is 9.76. The second-order valence-electron chi connectivity index (χ2n) is 6.78. The average Bonchev–Trinajstić information content (AvgIpc) is 3.03. The minimum absolute atomic E-state index is 0.0826. The van der Waals surface area contributed by atoms with Crippen LogP contribution in [-0.2, 0) is 25.7 Å². The highest BCUT2D eigenvalue weighted by molar-refractivity contribution is 9.10. The van der Waals surface area contributed by atoms with Crippen LogP contribution in [-0.4, -0.2) is 35.8 Å². The van der Waals surface area contributed by atoms with Crippen molar-refractivity contribution in [2.45, 2.75) is 19.9 Å². The Morgan fingerprint density at radius 2 is 1.96 bits per heavy atom. The minimum atomic E-state index is -0.543. The van der Waals surface area contributed by atoms with Crippen molar-refractivity contribution in [3.63, 3.8) is 0 Å². The van der Waals surface area contributed by atoms with Crippen LogP contribution < -0.4 is 5.32 Å². The van der Waals surface area contributed by atoms with Gasteiger partial charge in [0.15, 0.2) is 6.61 Å². The number of rotatable bonds is 6. The Bertz CT molecular complexity index is 885. The summed E-state index contributed by atoms with van der Waals surface area (Å²) in [7, 11) is 0. The van der Waals surface area contributed by atoms with Gasteiger partial charge in [-0.25, -0.2) is 0 Å². The average molecular weight is 445 g/mol. The van der Waals surface area contributed by atoms with E-state index in [1.165, 1.54) is 0 Å². The Balaban J connectivity index is 1.48. The van der Waals surface area contributed by atoms with E-state index in [4.69, 9.17) is 4.74 Å². The van der Waals surface area contributed by atoms with E-state index in [0.29, 0.717) is 18.8 Å². The molecule has 1 heterocycles. The van der Waals surface area contributed by atoms with Crippen LogP contribution in [0.5, 0.6) is 0 Å². The minimum Gasteiger partial charge on any atom is -0.455 e. The third-order valence-corrected chi connectivity index (χ3v) is 5.07. The molecule has 1 saturated heterocycles. The van der Waals surface area contributed by atoms with E-state index in [2.05, 4.69) is 21.2 Å². The summed E-state index contributed by atoms with van der Waals surface area (Å²) in [4.78, 5) is 38.1. The summed E-state index contributed by atoms with van der Waals surface area (Å²) >= 11 is 3.37. The maximum absolute atomic E-state index is 12.3. The zero-order chi connectivity index (χ0) is 20.1. The highest BCUT2D eigenvalue weighted by atomic mass is 79.9. The number of aryl methyl sites for hydroxylation is 1. The van der Waals surface area contributed by atoms with Gasteiger partial charge in [-0.3, -0.25) is 14.4 Å². The third kappa shape index (κ3) is 5.19. The number of amides is 2. The van der Waals surface area contributed by atoms with E-state index in [9.17, 15) is 14.4 Å². The summed E-state index contributed by atoms with van der Waals surface area (Å²) in [5, 5.41) is 2.72. The van der Waals surface area contributed by atoms with Crippen LogP contribution in [0.15, 0.2) is 53.0 Å². The lowest BCUT2D eigenvalue weighted by Crippen LogP contribution is -2.28. The molecule has 0 unspecified atom stereocenters. The molecule has 2 amide bonds. The summed E-state index contributed by atoms with van der Waals surface area (Å²) in [6.07, 6.45) is 0.110. The Morgan fingerprint density at radius 1 is 1.21 bits per heavy atom. The van der Waals surface area contributed by atoms with Gasteiger partial charge in [-0.1, -0.05) is 46.3 Å². The largest absolute Gasteiger partial charge is 0.455 e. The SMILES string of the molecule is Cc1cc(Br)ccc1NC(=O)COC(=O)[C@@H]1CC(=O)N(Cc2ccccc2)C1. The zero-order valence-corrected chi connectivity index (χ0v) is 17.1. The molecule has 1 fully saturated rings. The van der Waals surface area contributed by atoms with Crippen molar-refractivity contribution in [3.05, 3.63) is 64.1 Å². The standard InChI is InChI=1S/C21H21BrN2O4/c1-14-9-17(22)7-8-18(14)23-19(25)13-28-21(27)16-10-20(26)24(12-16)11-15-5-3-2-4-6-15/h2-9,16H,10-13H2,1H3,(H,23,25)/t16-/m1/s1. The monoisotopic (exact) mass is 444 g/mol. The molecule has 0 saturated carbocycles. The van der Waals surface area contributed by atoms with Crippen molar-refractivity contribution < 1.29 is 19.1 Å². The molecule has 6 nitrogen and oxygen atoms in total. The number of carbonyl (C=O) groups excluding carboxylic acids is 3. The lowest BCUT2D eigenvalue weighted by molar-refractivity contribution is -0.151. The molecule has 0 radical (unpaired) electrons. The fourth-order valence-electron chi connectivity index (χ4n) is 3.09. The number of halogens is 1. The first kappa shape index (κ1) is 20.1. The van der Waals surface area contributed by atoms with Crippen molar-refractivity contribution in [2.24, 2.45) is 5.92 Å². The van der Waals surface area contributed by atoms with E-state index in [0.717, 1.165) is 15.6 Å². The number of ether oxygens (including phenoxy) is 1. The molecule has 1 aliphatic rings. The number of benzene rings is 2. The van der Waals surface area contributed by atoms with E-state index < -0.39 is 17.8 Å². The van der Waals surface area contributed by atoms with E-state index in [-0.39, 0.29) is 18.9 Å². The number of carbonyl (C=O) groups is 3. The van der Waals surface area contributed by atoms with E-state index in [1.807, 2.05) is 49.4 Å². The molecule has 3 rings (SSSR count). The molecule has 2 aromatic carbocycles. The molecule has 0 aromatic heterocycles. The fourth-order valence-corrected chi connectivity index (χ4v) is 3.57. The van der Waals surface area contributed by atoms with Gasteiger partial charge in [-0.05, 0) is 36.2 Å². The van der Waals surface area contributed by atoms with E-state index in [1.54, 1.807) is 11.0 Å². The summed E-state index contributed by atoms with van der Waals surface area (Å²) < 4.78 is 6.05. The molecule has 1 atom stereocenters. The summed E-state index contributed by atoms with van der Waals surface area (Å²) in [5.74, 6) is -1.56. The van der Waals surface area contributed by atoms with Crippen LogP contribution in [0.25, 0.3) is 0 Å². The maximum atomic E-state index is 12.3. The van der Waals surface area contributed by atoms with Gasteiger partial charge >= 0.3 is 5.97 Å². The fraction of sp³-hybridized carbons (Fsp3) is 0.286. The van der Waals surface area contributed by atoms with Crippen LogP contribution in [0, 0.1) is 12.8 Å². The van der Waals surface area contributed by atoms with Gasteiger partial charge in [0.05, 0.1) is 5.92 Å². The van der Waals surface area contributed by atoms with Gasteiger partial charge in [0.2, 0.25) is 5.91 Å². The first-order valence-electron chi connectivity index (χ1n) is 8.96. The van der Waals surface area contributed by atoms with Gasteiger partial charge in [0.25, 0.3) is 5.91 Å². The smallest absolute Gasteiger partial charge is 0.311 e. The number of anilines is 1. The predicted octanol–water partition coefficient (Wildman–Crippen LogP) is 3.29. The second-order valence-corrected chi connectivity index (χ2v) is 7.69. The Morgan fingerprint density at radius 3 is 2.68 bits per heavy atom. The Hall–Kier alpha value is -2.67. The van der Waals surface area contributed by atoms with Gasteiger partial charge in [-0.2, -0.15) is 0 Å². The van der Waals surface area contributed by atoms with Gasteiger partial charge in [0, 0.05) is 29.7 Å². The van der Waals surface area contributed by atoms with Crippen LogP contribution in [0.3, 0.4) is 0 Å². The molecule has 1 N–H and O–H groups in total. The maximum Gasteiger partial charge on any atom is 0.311 e. The highest BCUT2D eigenvalue weighted by Gasteiger charge is 2.35. The first-order chi connectivity index (χ1) is 13.4. The summed E-state index contributed by atoms with van der Waals surface area (Å²) in [5.41, 5.74) is 2.57. The molecule has 0 aliphatic carbocycles. The van der Waals surface area contributed by atoms with Crippen molar-refractivity contribution in [1.29, 1.82) is 0 Å². The molecule has 2 aromatic rings. The number of hydrogen-bond acceptors (Lipinski definition) is 4. The molecule has 0 bridgehead atoms. The molecular weight excluding hydrogens is 424 g/mol. The molecular formula is C21H21BrN2O4. The predicted molar refractivity (Wildman–Crippen MR) is 108 cm³/mol. The van der Waals surface area contributed by atoms with Crippen molar-refractivity contribution in [3.8, 4) is 0 Å². The highest BCUT2D eigenvalue weighted by Crippen LogP contribution is 2.22. The normalized spacial score (nSPS) is 16.1. The Kier molecular flexibility index (Phi) is 6.46. The van der Waals surface area contributed by atoms with Crippen LogP contribution in [0.4, 0.5) is 5.69 Å². The number of nitrogens with zero attached hydrogens (tertiary/aromatic N) is 1. The summed E-state index contributed by atoms with van der Waals surface area (Å²) in [6, 6.07) is 15.1. The third-order valence-electron chi connectivity index (χ3n) is 4.57. The van der Waals surface area contributed by atoms with Gasteiger partial charge < -0.3 is 15.0 Å². The number of hydrogen-bond donors (Lipinski definition) is 1. The Labute approximate surface area is 172 Å². The van der Waals surface area contributed by atoms with Crippen molar-refractivity contribution in [1.82, 2.24) is 4.90 Å². The molecule has 146 valence electrons. The van der Waals surface area contributed by atoms with E-state index >= 15 is 0 Å². The lowest BCUT2D eigenvalue weighted by atomic mass is 10.1. The quantitative estimate of drug-likeness (QED) is 0.693. The zero-order valence-electron chi connectivity index (χ0n) is 15.5. The number of nitrogens with one attached hydrogen (secondary N) is 1. The van der Waals surface area contributed by atoms with Gasteiger partial charge in [-0.15, -0.1) is 0 Å². The van der Waals surface area contributed by atoms with Crippen LogP contribution in [0.1, 0.15) is 17.5 Å². The van der Waals surface area contributed by atoms with Crippen LogP contribution >= 0.6 is 15.9 Å². The van der Waals surface area contributed by atoms with Crippen molar-refractivity contribution >= 4 is 39.4 Å². The van der Waals surface area contributed by atoms with Crippen LogP contribution in [0.2, 0.25) is 0 Å². The number of esters is 1. The molecule has 7 heteroatoms. The second kappa shape index (κ2) is 9.01. The molecule has 28 heavy (non-hydrogen) atoms. The van der Waals surface area contributed by atoms with Gasteiger partial charge in [0.1, 0.15) is 0 Å². The number of likely N-dealkylation sites (tertiary alicyclic amines) is 1. The van der Waals surface area contributed by atoms with Crippen molar-refractivity contribution in [2.75, 3.05) is 18.5 Å². The topological polar surface area (TPSA) is 75.7 Å². The summed E-state index contributed by atoms with van der Waals surface area (Å²) in [6.45, 7) is 2.27.